The number of carbonyl (C=O) groups is 1. The summed E-state index contributed by atoms with van der Waals surface area (Å²) in [5, 5.41) is 0. The highest BCUT2D eigenvalue weighted by atomic mass is 28.3. The highest BCUT2D eigenvalue weighted by molar-refractivity contribution is 6.46. The minimum absolute atomic E-state index is 0.0676. The van der Waals surface area contributed by atoms with E-state index >= 15 is 0 Å². The Balaban J connectivity index is 4.68. The van der Waals surface area contributed by atoms with E-state index in [1.807, 2.05) is 34.6 Å². The van der Waals surface area contributed by atoms with Gasteiger partial charge < -0.3 is 13.6 Å². The zero-order chi connectivity index (χ0) is 14.3. The number of hydrogen-bond acceptors (Lipinski definition) is 4. The Morgan fingerprint density at radius 2 is 1.61 bits per heavy atom. The first kappa shape index (κ1) is 17.3. The molecule has 0 saturated carbocycles. The third-order valence-electron chi connectivity index (χ3n) is 2.13. The van der Waals surface area contributed by atoms with Gasteiger partial charge in [-0.3, -0.25) is 0 Å². The van der Waals surface area contributed by atoms with Crippen LogP contribution in [0.3, 0.4) is 0 Å². The molecule has 0 aromatic heterocycles. The molecule has 0 heterocycles. The zero-order valence-corrected chi connectivity index (χ0v) is 13.5. The molecule has 1 unspecified atom stereocenters. The minimum atomic E-state index is -2.05. The SMILES string of the molecule is C=C(C)C(=O)OC(CC)[SiH](OC(C)C)OC(C)C. The van der Waals surface area contributed by atoms with Crippen LogP contribution in [0, 0.1) is 0 Å². The second-order valence-corrected chi connectivity index (χ2v) is 6.90. The smallest absolute Gasteiger partial charge is 0.364 e. The fraction of sp³-hybridized carbons (Fsp3) is 0.769. The van der Waals surface area contributed by atoms with Crippen molar-refractivity contribution >= 4 is 15.3 Å². The maximum Gasteiger partial charge on any atom is 0.364 e. The molecule has 0 aromatic rings. The van der Waals surface area contributed by atoms with Crippen molar-refractivity contribution < 1.29 is 18.4 Å². The number of ether oxygens (including phenoxy) is 1. The Morgan fingerprint density at radius 1 is 1.17 bits per heavy atom. The molecule has 0 aliphatic rings. The van der Waals surface area contributed by atoms with E-state index in [0.29, 0.717) is 12.0 Å². The summed E-state index contributed by atoms with van der Waals surface area (Å²) in [6.07, 6.45) is 0.825. The van der Waals surface area contributed by atoms with Crippen LogP contribution < -0.4 is 0 Å². The summed E-state index contributed by atoms with van der Waals surface area (Å²) in [6.45, 7) is 15.0. The van der Waals surface area contributed by atoms with Gasteiger partial charge in [-0.05, 0) is 41.0 Å². The maximum absolute atomic E-state index is 11.6. The van der Waals surface area contributed by atoms with Crippen LogP contribution in [0.1, 0.15) is 48.0 Å². The summed E-state index contributed by atoms with van der Waals surface area (Å²) in [7, 11) is -2.05. The topological polar surface area (TPSA) is 44.8 Å². The summed E-state index contributed by atoms with van der Waals surface area (Å²) >= 11 is 0. The molecule has 0 N–H and O–H groups in total. The molecule has 0 amide bonds. The summed E-state index contributed by atoms with van der Waals surface area (Å²) in [4.78, 5) is 11.6. The van der Waals surface area contributed by atoms with Crippen LogP contribution in [0.2, 0.25) is 0 Å². The molecule has 0 spiro atoms. The Kier molecular flexibility index (Phi) is 8.14. The summed E-state index contributed by atoms with van der Waals surface area (Å²) in [5.74, 6) is -0.376. The van der Waals surface area contributed by atoms with Gasteiger partial charge >= 0.3 is 15.3 Å². The second kappa shape index (κ2) is 8.45. The summed E-state index contributed by atoms with van der Waals surface area (Å²) in [5.41, 5.74) is 0.120. The fourth-order valence-electron chi connectivity index (χ4n) is 1.31. The Bertz CT molecular complexity index is 266. The molecule has 0 aliphatic heterocycles. The predicted octanol–water partition coefficient (Wildman–Crippen LogP) is 2.49. The summed E-state index contributed by atoms with van der Waals surface area (Å²) in [6, 6.07) is 0. The Morgan fingerprint density at radius 3 is 1.89 bits per heavy atom. The molecule has 0 fully saturated rings. The van der Waals surface area contributed by atoms with Crippen molar-refractivity contribution in [3.05, 3.63) is 12.2 Å². The average Bonchev–Trinajstić information content (AvgIpc) is 2.22. The Labute approximate surface area is 112 Å². The molecule has 0 radical (unpaired) electrons. The van der Waals surface area contributed by atoms with Gasteiger partial charge in [0.25, 0.3) is 0 Å². The van der Waals surface area contributed by atoms with Crippen molar-refractivity contribution in [1.29, 1.82) is 0 Å². The molecular formula is C13H26O4Si. The molecule has 18 heavy (non-hydrogen) atoms. The van der Waals surface area contributed by atoms with Crippen molar-refractivity contribution in [1.82, 2.24) is 0 Å². The van der Waals surface area contributed by atoms with Crippen LogP contribution in [0.15, 0.2) is 12.2 Å². The zero-order valence-electron chi connectivity index (χ0n) is 12.4. The van der Waals surface area contributed by atoms with Crippen molar-refractivity contribution in [2.45, 2.75) is 65.9 Å². The van der Waals surface area contributed by atoms with Crippen molar-refractivity contribution in [3.63, 3.8) is 0 Å². The molecule has 5 heteroatoms. The monoisotopic (exact) mass is 274 g/mol. The molecule has 0 rings (SSSR count). The number of carbonyl (C=O) groups excluding carboxylic acids is 1. The van der Waals surface area contributed by atoms with Crippen LogP contribution >= 0.6 is 0 Å². The lowest BCUT2D eigenvalue weighted by molar-refractivity contribution is -0.142. The predicted molar refractivity (Wildman–Crippen MR) is 74.6 cm³/mol. The minimum Gasteiger partial charge on any atom is -0.457 e. The van der Waals surface area contributed by atoms with E-state index in [1.54, 1.807) is 6.92 Å². The van der Waals surface area contributed by atoms with E-state index in [4.69, 9.17) is 13.6 Å². The van der Waals surface area contributed by atoms with Crippen LogP contribution in [0.4, 0.5) is 0 Å². The normalized spacial score (nSPS) is 13.2. The van der Waals surface area contributed by atoms with Crippen LogP contribution in [0.5, 0.6) is 0 Å². The standard InChI is InChI=1S/C13H26O4Si/c1-8-12(15-13(14)9(2)3)18(16-10(4)5)17-11(6)7/h10-12,18H,2,8H2,1,3-7H3. The molecule has 4 nitrogen and oxygen atoms in total. The first-order valence-electron chi connectivity index (χ1n) is 6.45. The van der Waals surface area contributed by atoms with Crippen molar-refractivity contribution in [2.24, 2.45) is 0 Å². The van der Waals surface area contributed by atoms with Gasteiger partial charge in [0.05, 0.1) is 0 Å². The van der Waals surface area contributed by atoms with Gasteiger partial charge in [-0.15, -0.1) is 0 Å². The highest BCUT2D eigenvalue weighted by Crippen LogP contribution is 2.12. The number of hydrogen-bond donors (Lipinski definition) is 0. The first-order valence-corrected chi connectivity index (χ1v) is 8.06. The van der Waals surface area contributed by atoms with E-state index in [2.05, 4.69) is 6.58 Å². The Hall–Kier alpha value is -0.653. The average molecular weight is 274 g/mol. The quantitative estimate of drug-likeness (QED) is 0.387. The molecule has 0 aromatic carbocycles. The maximum atomic E-state index is 11.6. The fourth-order valence-corrected chi connectivity index (χ4v) is 3.42. The molecule has 0 aliphatic carbocycles. The van der Waals surface area contributed by atoms with Gasteiger partial charge in [0, 0.05) is 17.8 Å². The van der Waals surface area contributed by atoms with Crippen LogP contribution in [0.25, 0.3) is 0 Å². The molecule has 0 saturated heterocycles. The van der Waals surface area contributed by atoms with Crippen LogP contribution in [-0.4, -0.2) is 33.2 Å². The van der Waals surface area contributed by atoms with Gasteiger partial charge in [0.1, 0.15) is 5.73 Å². The largest absolute Gasteiger partial charge is 0.457 e. The molecule has 106 valence electrons. The van der Waals surface area contributed by atoms with Gasteiger partial charge in [0.2, 0.25) is 0 Å². The van der Waals surface area contributed by atoms with Gasteiger partial charge in [0.15, 0.2) is 0 Å². The van der Waals surface area contributed by atoms with E-state index < -0.39 is 9.28 Å². The van der Waals surface area contributed by atoms with E-state index in [0.717, 1.165) is 0 Å². The van der Waals surface area contributed by atoms with E-state index in [-0.39, 0.29) is 23.9 Å². The van der Waals surface area contributed by atoms with Gasteiger partial charge in [-0.25, -0.2) is 4.79 Å². The van der Waals surface area contributed by atoms with Gasteiger partial charge in [-0.2, -0.15) is 0 Å². The second-order valence-electron chi connectivity index (χ2n) is 4.87. The number of rotatable bonds is 8. The van der Waals surface area contributed by atoms with E-state index in [9.17, 15) is 4.79 Å². The van der Waals surface area contributed by atoms with E-state index in [1.165, 1.54) is 0 Å². The first-order chi connectivity index (χ1) is 8.27. The van der Waals surface area contributed by atoms with Gasteiger partial charge in [-0.1, -0.05) is 13.5 Å². The number of esters is 1. The lowest BCUT2D eigenvalue weighted by atomic mass is 10.4. The molecule has 0 bridgehead atoms. The van der Waals surface area contributed by atoms with Crippen LogP contribution in [-0.2, 0) is 18.4 Å². The van der Waals surface area contributed by atoms with Crippen molar-refractivity contribution in [3.8, 4) is 0 Å². The molecule has 1 atom stereocenters. The lowest BCUT2D eigenvalue weighted by Crippen LogP contribution is -2.43. The molecular weight excluding hydrogens is 248 g/mol. The van der Waals surface area contributed by atoms with Crippen molar-refractivity contribution in [2.75, 3.05) is 0 Å². The third kappa shape index (κ3) is 6.93. The lowest BCUT2D eigenvalue weighted by Gasteiger charge is -2.27. The summed E-state index contributed by atoms with van der Waals surface area (Å²) < 4.78 is 17.0. The third-order valence-corrected chi connectivity index (χ3v) is 4.97. The highest BCUT2D eigenvalue weighted by Gasteiger charge is 2.30.